The summed E-state index contributed by atoms with van der Waals surface area (Å²) in [6, 6.07) is 24.1. The number of imidazole rings is 1. The largest absolute Gasteiger partial charge is 0.345 e. The van der Waals surface area contributed by atoms with Crippen LogP contribution < -0.4 is 10.6 Å². The highest BCUT2D eigenvalue weighted by atomic mass is 16.2. The lowest BCUT2D eigenvalue weighted by molar-refractivity contribution is 0.0940. The fraction of sp³-hybridized carbons (Fsp3) is 0.0455. The molecule has 4 rings (SSSR count). The van der Waals surface area contributed by atoms with E-state index in [-0.39, 0.29) is 23.3 Å². The predicted molar refractivity (Wildman–Crippen MR) is 107 cm³/mol. The molecule has 2 aromatic carbocycles. The zero-order valence-electron chi connectivity index (χ0n) is 15.0. The number of carbonyl (C=O) groups excluding carboxylic acids is 2. The van der Waals surface area contributed by atoms with E-state index in [4.69, 9.17) is 0 Å². The molecule has 0 aliphatic carbocycles. The smallest absolute Gasteiger partial charge is 0.287 e. The number of pyridine rings is 1. The molecule has 28 heavy (non-hydrogen) atoms. The number of nitrogens with one attached hydrogen (secondary N) is 2. The van der Waals surface area contributed by atoms with Gasteiger partial charge < -0.3 is 10.6 Å². The van der Waals surface area contributed by atoms with Crippen LogP contribution in [0.4, 0.5) is 5.69 Å². The Kier molecular flexibility index (Phi) is 4.84. The Morgan fingerprint density at radius 3 is 2.25 bits per heavy atom. The molecule has 4 aromatic rings. The predicted octanol–water partition coefficient (Wildman–Crippen LogP) is 3.52. The monoisotopic (exact) mass is 370 g/mol. The summed E-state index contributed by atoms with van der Waals surface area (Å²) < 4.78 is 1.63. The van der Waals surface area contributed by atoms with Crippen LogP contribution >= 0.6 is 0 Å². The lowest BCUT2D eigenvalue weighted by atomic mass is 10.2. The van der Waals surface area contributed by atoms with Crippen LogP contribution in [0.2, 0.25) is 0 Å². The highest BCUT2D eigenvalue weighted by molar-refractivity contribution is 6.08. The van der Waals surface area contributed by atoms with Gasteiger partial charge in [0.15, 0.2) is 5.69 Å². The fourth-order valence-corrected chi connectivity index (χ4v) is 2.93. The Balaban J connectivity index is 1.61. The summed E-state index contributed by atoms with van der Waals surface area (Å²) >= 11 is 0. The van der Waals surface area contributed by atoms with Crippen LogP contribution in [0.3, 0.4) is 0 Å². The van der Waals surface area contributed by atoms with E-state index in [1.165, 1.54) is 0 Å². The molecule has 2 N–H and O–H groups in total. The van der Waals surface area contributed by atoms with Gasteiger partial charge in [-0.1, -0.05) is 54.6 Å². The number of rotatable bonds is 5. The third kappa shape index (κ3) is 3.61. The topological polar surface area (TPSA) is 75.5 Å². The molecule has 6 nitrogen and oxygen atoms in total. The second-order valence-electron chi connectivity index (χ2n) is 6.23. The maximum atomic E-state index is 12.7. The summed E-state index contributed by atoms with van der Waals surface area (Å²) in [7, 11) is 0. The third-order valence-electron chi connectivity index (χ3n) is 4.29. The van der Waals surface area contributed by atoms with Crippen LogP contribution in [0.15, 0.2) is 85.1 Å². The van der Waals surface area contributed by atoms with E-state index in [1.54, 1.807) is 34.9 Å². The molecular weight excluding hydrogens is 352 g/mol. The van der Waals surface area contributed by atoms with Gasteiger partial charge in [-0.25, -0.2) is 4.98 Å². The van der Waals surface area contributed by atoms with Crippen LogP contribution in [0, 0.1) is 0 Å². The Bertz CT molecular complexity index is 1120. The number of nitrogens with zero attached hydrogens (tertiary/aromatic N) is 2. The molecule has 0 aliphatic heterocycles. The number of aromatic nitrogens is 2. The standard InChI is InChI=1S/C22H18N4O2/c27-21(24-17-11-5-2-6-12-17)19-18-13-7-8-14-26(18)20(25-19)22(28)23-15-16-9-3-1-4-10-16/h1-14H,15H2,(H,23,28)(H,24,27). The second kappa shape index (κ2) is 7.75. The number of fused-ring (bicyclic) bond motifs is 1. The Labute approximate surface area is 161 Å². The van der Waals surface area contributed by atoms with Crippen molar-refractivity contribution in [3.05, 3.63) is 102 Å². The number of hydrogen-bond acceptors (Lipinski definition) is 3. The van der Waals surface area contributed by atoms with Crippen molar-refractivity contribution in [3.63, 3.8) is 0 Å². The van der Waals surface area contributed by atoms with Gasteiger partial charge in [-0.2, -0.15) is 0 Å². The van der Waals surface area contributed by atoms with E-state index < -0.39 is 0 Å². The summed E-state index contributed by atoms with van der Waals surface area (Å²) in [4.78, 5) is 29.8. The average Bonchev–Trinajstić information content (AvgIpc) is 3.13. The molecule has 0 fully saturated rings. The van der Waals surface area contributed by atoms with E-state index in [9.17, 15) is 9.59 Å². The highest BCUT2D eigenvalue weighted by Crippen LogP contribution is 2.16. The van der Waals surface area contributed by atoms with Crippen LogP contribution in [0.25, 0.3) is 5.52 Å². The van der Waals surface area contributed by atoms with Crippen LogP contribution in [-0.4, -0.2) is 21.2 Å². The van der Waals surface area contributed by atoms with Gasteiger partial charge in [0.1, 0.15) is 0 Å². The van der Waals surface area contributed by atoms with Crippen LogP contribution in [0.5, 0.6) is 0 Å². The minimum atomic E-state index is -0.364. The van der Waals surface area contributed by atoms with E-state index in [1.807, 2.05) is 54.6 Å². The van der Waals surface area contributed by atoms with Gasteiger partial charge in [0, 0.05) is 18.4 Å². The number of carbonyl (C=O) groups is 2. The molecular formula is C22H18N4O2. The number of anilines is 1. The molecule has 2 aromatic heterocycles. The first-order chi connectivity index (χ1) is 13.7. The second-order valence-corrected chi connectivity index (χ2v) is 6.23. The molecule has 0 radical (unpaired) electrons. The molecule has 0 bridgehead atoms. The van der Waals surface area contributed by atoms with Crippen molar-refractivity contribution in [2.45, 2.75) is 6.54 Å². The Morgan fingerprint density at radius 1 is 0.821 bits per heavy atom. The Hall–Kier alpha value is -3.93. The maximum absolute atomic E-state index is 12.7. The summed E-state index contributed by atoms with van der Waals surface area (Å²) in [6.07, 6.45) is 1.72. The van der Waals surface area contributed by atoms with E-state index in [0.29, 0.717) is 17.7 Å². The van der Waals surface area contributed by atoms with Crippen molar-refractivity contribution in [2.75, 3.05) is 5.32 Å². The molecule has 0 saturated heterocycles. The van der Waals surface area contributed by atoms with E-state index >= 15 is 0 Å². The van der Waals surface area contributed by atoms with Crippen molar-refractivity contribution in [3.8, 4) is 0 Å². The minimum Gasteiger partial charge on any atom is -0.345 e. The first kappa shape index (κ1) is 17.5. The summed E-state index contributed by atoms with van der Waals surface area (Å²) in [5.41, 5.74) is 2.42. The van der Waals surface area contributed by atoms with Crippen LogP contribution in [0.1, 0.15) is 26.7 Å². The third-order valence-corrected chi connectivity index (χ3v) is 4.29. The quantitative estimate of drug-likeness (QED) is 0.564. The van der Waals surface area contributed by atoms with Crippen LogP contribution in [-0.2, 0) is 6.54 Å². The van der Waals surface area contributed by atoms with Gasteiger partial charge in [-0.3, -0.25) is 14.0 Å². The van der Waals surface area contributed by atoms with Gasteiger partial charge in [0.25, 0.3) is 11.8 Å². The van der Waals surface area contributed by atoms with Gasteiger partial charge in [0.2, 0.25) is 5.82 Å². The molecule has 6 heteroatoms. The lowest BCUT2D eigenvalue weighted by Crippen LogP contribution is -2.25. The number of amides is 2. The molecule has 138 valence electrons. The normalized spacial score (nSPS) is 10.6. The molecule has 2 heterocycles. The molecule has 0 saturated carbocycles. The first-order valence-corrected chi connectivity index (χ1v) is 8.88. The molecule has 2 amide bonds. The zero-order chi connectivity index (χ0) is 19.3. The fourth-order valence-electron chi connectivity index (χ4n) is 2.93. The summed E-state index contributed by atoms with van der Waals surface area (Å²) in [5.74, 6) is -0.537. The SMILES string of the molecule is O=C(Nc1ccccc1)c1nc(C(=O)NCc2ccccc2)n2ccccc12. The van der Waals surface area contributed by atoms with Gasteiger partial charge in [-0.05, 0) is 29.8 Å². The molecule has 0 unspecified atom stereocenters. The van der Waals surface area contributed by atoms with Crippen molar-refractivity contribution in [1.82, 2.24) is 14.7 Å². The number of benzene rings is 2. The maximum Gasteiger partial charge on any atom is 0.287 e. The van der Waals surface area contributed by atoms with Crippen molar-refractivity contribution < 1.29 is 9.59 Å². The van der Waals surface area contributed by atoms with Gasteiger partial charge in [0.05, 0.1) is 5.52 Å². The van der Waals surface area contributed by atoms with Gasteiger partial charge in [-0.15, -0.1) is 0 Å². The van der Waals surface area contributed by atoms with Crippen molar-refractivity contribution in [1.29, 1.82) is 0 Å². The highest BCUT2D eigenvalue weighted by Gasteiger charge is 2.21. The Morgan fingerprint density at radius 2 is 1.50 bits per heavy atom. The molecule has 0 spiro atoms. The minimum absolute atomic E-state index is 0.171. The van der Waals surface area contributed by atoms with E-state index in [2.05, 4.69) is 15.6 Å². The number of para-hydroxylation sites is 1. The van der Waals surface area contributed by atoms with Crippen molar-refractivity contribution in [2.24, 2.45) is 0 Å². The van der Waals surface area contributed by atoms with E-state index in [0.717, 1.165) is 5.56 Å². The van der Waals surface area contributed by atoms with Gasteiger partial charge >= 0.3 is 0 Å². The average molecular weight is 370 g/mol. The zero-order valence-corrected chi connectivity index (χ0v) is 15.0. The lowest BCUT2D eigenvalue weighted by Gasteiger charge is -2.04. The number of hydrogen-bond donors (Lipinski definition) is 2. The summed E-state index contributed by atoms with van der Waals surface area (Å²) in [6.45, 7) is 0.382. The summed E-state index contributed by atoms with van der Waals surface area (Å²) in [5, 5.41) is 5.67. The molecule has 0 aliphatic rings. The first-order valence-electron chi connectivity index (χ1n) is 8.88. The van der Waals surface area contributed by atoms with Crippen molar-refractivity contribution >= 4 is 23.0 Å². The molecule has 0 atom stereocenters.